The SMILES string of the molecule is Cc1cc(Br)cc2[nH]c(-c3ccc(Cl)s3)nc12. The molecule has 0 saturated heterocycles. The zero-order valence-corrected chi connectivity index (χ0v) is 12.1. The Hall–Kier alpha value is -0.840. The minimum atomic E-state index is 0.776. The molecule has 17 heavy (non-hydrogen) atoms. The van der Waals surface area contributed by atoms with Gasteiger partial charge in [-0.25, -0.2) is 4.98 Å². The first-order chi connectivity index (χ1) is 8.13. The minimum absolute atomic E-state index is 0.776. The van der Waals surface area contributed by atoms with E-state index in [4.69, 9.17) is 11.6 Å². The van der Waals surface area contributed by atoms with Crippen LogP contribution in [0.4, 0.5) is 0 Å². The maximum atomic E-state index is 5.93. The normalized spacial score (nSPS) is 11.2. The Bertz CT molecular complexity index is 702. The van der Waals surface area contributed by atoms with Crippen molar-refractivity contribution in [3.8, 4) is 10.7 Å². The molecule has 1 N–H and O–H groups in total. The third-order valence-electron chi connectivity index (χ3n) is 2.55. The summed E-state index contributed by atoms with van der Waals surface area (Å²) in [5, 5.41) is 0. The number of benzene rings is 1. The Morgan fingerprint density at radius 1 is 1.35 bits per heavy atom. The van der Waals surface area contributed by atoms with E-state index in [9.17, 15) is 0 Å². The van der Waals surface area contributed by atoms with Crippen LogP contribution in [-0.4, -0.2) is 9.97 Å². The number of hydrogen-bond acceptors (Lipinski definition) is 2. The molecule has 0 radical (unpaired) electrons. The van der Waals surface area contributed by atoms with Gasteiger partial charge in [0, 0.05) is 4.47 Å². The van der Waals surface area contributed by atoms with Crippen molar-refractivity contribution in [3.05, 3.63) is 38.6 Å². The van der Waals surface area contributed by atoms with Crippen LogP contribution in [0.15, 0.2) is 28.7 Å². The lowest BCUT2D eigenvalue weighted by atomic mass is 10.2. The van der Waals surface area contributed by atoms with Crippen molar-refractivity contribution in [1.82, 2.24) is 9.97 Å². The summed E-state index contributed by atoms with van der Waals surface area (Å²) in [7, 11) is 0. The fraction of sp³-hybridized carbons (Fsp3) is 0.0833. The van der Waals surface area contributed by atoms with Crippen LogP contribution in [-0.2, 0) is 0 Å². The van der Waals surface area contributed by atoms with Crippen molar-refractivity contribution < 1.29 is 0 Å². The van der Waals surface area contributed by atoms with Gasteiger partial charge in [0.25, 0.3) is 0 Å². The second-order valence-corrected chi connectivity index (χ2v) is 6.44. The first kappa shape index (κ1) is 11.3. The molecule has 3 rings (SSSR count). The third kappa shape index (κ3) is 2.01. The Balaban J connectivity index is 2.23. The van der Waals surface area contributed by atoms with Crippen molar-refractivity contribution >= 4 is 49.9 Å². The Morgan fingerprint density at radius 2 is 2.18 bits per heavy atom. The van der Waals surface area contributed by atoms with Crippen LogP contribution in [0.2, 0.25) is 4.34 Å². The molecule has 1 aromatic carbocycles. The van der Waals surface area contributed by atoms with Crippen molar-refractivity contribution in [1.29, 1.82) is 0 Å². The average molecular weight is 328 g/mol. The highest BCUT2D eigenvalue weighted by Gasteiger charge is 2.09. The molecular weight excluding hydrogens is 320 g/mol. The van der Waals surface area contributed by atoms with E-state index >= 15 is 0 Å². The van der Waals surface area contributed by atoms with Crippen molar-refractivity contribution in [2.75, 3.05) is 0 Å². The summed E-state index contributed by atoms with van der Waals surface area (Å²) in [6, 6.07) is 7.97. The second-order valence-electron chi connectivity index (χ2n) is 3.81. The van der Waals surface area contributed by atoms with Crippen molar-refractivity contribution in [2.24, 2.45) is 0 Å². The van der Waals surface area contributed by atoms with Gasteiger partial charge in [0.1, 0.15) is 5.82 Å². The molecule has 0 amide bonds. The lowest BCUT2D eigenvalue weighted by Crippen LogP contribution is -1.76. The Kier molecular flexibility index (Phi) is 2.73. The van der Waals surface area contributed by atoms with Crippen LogP contribution >= 0.6 is 38.9 Å². The van der Waals surface area contributed by atoms with Gasteiger partial charge in [-0.15, -0.1) is 11.3 Å². The zero-order valence-electron chi connectivity index (χ0n) is 8.92. The van der Waals surface area contributed by atoms with Crippen LogP contribution in [0.25, 0.3) is 21.7 Å². The minimum Gasteiger partial charge on any atom is -0.337 e. The highest BCUT2D eigenvalue weighted by Crippen LogP contribution is 2.31. The number of imidazole rings is 1. The summed E-state index contributed by atoms with van der Waals surface area (Å²) < 4.78 is 1.83. The highest BCUT2D eigenvalue weighted by atomic mass is 79.9. The fourth-order valence-electron chi connectivity index (χ4n) is 1.80. The summed E-state index contributed by atoms with van der Waals surface area (Å²) in [6.07, 6.45) is 0. The molecule has 5 heteroatoms. The maximum Gasteiger partial charge on any atom is 0.148 e. The molecule has 0 aliphatic carbocycles. The summed E-state index contributed by atoms with van der Waals surface area (Å²) in [5.74, 6) is 0.873. The molecule has 0 bridgehead atoms. The van der Waals surface area contributed by atoms with E-state index in [1.54, 1.807) is 0 Å². The molecule has 2 nitrogen and oxygen atoms in total. The molecule has 0 unspecified atom stereocenters. The van der Waals surface area contributed by atoms with E-state index in [1.165, 1.54) is 11.3 Å². The molecule has 0 fully saturated rings. The van der Waals surface area contributed by atoms with Crippen LogP contribution in [0.1, 0.15) is 5.56 Å². The second kappa shape index (κ2) is 4.12. The van der Waals surface area contributed by atoms with Gasteiger partial charge in [-0.3, -0.25) is 0 Å². The Morgan fingerprint density at radius 3 is 2.88 bits per heavy atom. The average Bonchev–Trinajstić information content (AvgIpc) is 2.83. The molecule has 2 heterocycles. The van der Waals surface area contributed by atoms with Gasteiger partial charge < -0.3 is 4.98 Å². The molecule has 0 aliphatic heterocycles. The smallest absolute Gasteiger partial charge is 0.148 e. The number of nitrogens with one attached hydrogen (secondary N) is 1. The molecule has 3 aromatic rings. The van der Waals surface area contributed by atoms with Crippen LogP contribution in [0.5, 0.6) is 0 Å². The topological polar surface area (TPSA) is 28.7 Å². The first-order valence-corrected chi connectivity index (χ1v) is 7.04. The van der Waals surface area contributed by atoms with E-state index in [2.05, 4.69) is 38.9 Å². The van der Waals surface area contributed by atoms with Gasteiger partial charge in [-0.1, -0.05) is 27.5 Å². The number of hydrogen-bond donors (Lipinski definition) is 1. The molecule has 0 saturated carbocycles. The van der Waals surface area contributed by atoms with Crippen LogP contribution in [0, 0.1) is 6.92 Å². The number of aromatic amines is 1. The van der Waals surface area contributed by atoms with Gasteiger partial charge in [0.15, 0.2) is 0 Å². The number of fused-ring (bicyclic) bond motifs is 1. The number of halogens is 2. The van der Waals surface area contributed by atoms with E-state index in [0.717, 1.165) is 36.1 Å². The maximum absolute atomic E-state index is 5.93. The molecule has 0 aliphatic rings. The molecule has 0 spiro atoms. The van der Waals surface area contributed by atoms with Gasteiger partial charge in [0.2, 0.25) is 0 Å². The third-order valence-corrected chi connectivity index (χ3v) is 4.24. The quantitative estimate of drug-likeness (QED) is 0.668. The number of thiophene rings is 1. The number of H-pyrrole nitrogens is 1. The fourth-order valence-corrected chi connectivity index (χ4v) is 3.37. The molecule has 0 atom stereocenters. The van der Waals surface area contributed by atoms with Gasteiger partial charge in [0.05, 0.1) is 20.2 Å². The molecule has 2 aromatic heterocycles. The number of nitrogens with zero attached hydrogens (tertiary/aromatic N) is 1. The lowest BCUT2D eigenvalue weighted by molar-refractivity contribution is 1.35. The van der Waals surface area contributed by atoms with Gasteiger partial charge in [-0.05, 0) is 36.8 Å². The number of rotatable bonds is 1. The van der Waals surface area contributed by atoms with Crippen LogP contribution < -0.4 is 0 Å². The van der Waals surface area contributed by atoms with Crippen molar-refractivity contribution in [3.63, 3.8) is 0 Å². The van der Waals surface area contributed by atoms with E-state index < -0.39 is 0 Å². The van der Waals surface area contributed by atoms with Crippen LogP contribution in [0.3, 0.4) is 0 Å². The number of aromatic nitrogens is 2. The van der Waals surface area contributed by atoms with E-state index in [-0.39, 0.29) is 0 Å². The van der Waals surface area contributed by atoms with Crippen molar-refractivity contribution in [2.45, 2.75) is 6.92 Å². The Labute approximate surface area is 116 Å². The number of aryl methyl sites for hydroxylation is 1. The summed E-state index contributed by atoms with van der Waals surface area (Å²) in [6.45, 7) is 2.05. The summed E-state index contributed by atoms with van der Waals surface area (Å²) in [4.78, 5) is 8.99. The van der Waals surface area contributed by atoms with E-state index in [0.29, 0.717) is 0 Å². The predicted molar refractivity (Wildman–Crippen MR) is 76.9 cm³/mol. The molecule has 86 valence electrons. The molecular formula is C12H8BrClN2S. The summed E-state index contributed by atoms with van der Waals surface area (Å²) in [5.41, 5.74) is 3.20. The highest BCUT2D eigenvalue weighted by molar-refractivity contribution is 9.10. The standard InChI is InChI=1S/C12H8BrClN2S/c1-6-4-7(13)5-8-11(6)16-12(15-8)9-2-3-10(14)17-9/h2-5H,1H3,(H,15,16). The predicted octanol–water partition coefficient (Wildman–Crippen LogP) is 5.02. The monoisotopic (exact) mass is 326 g/mol. The zero-order chi connectivity index (χ0) is 12.0. The largest absolute Gasteiger partial charge is 0.337 e. The van der Waals surface area contributed by atoms with Gasteiger partial charge in [-0.2, -0.15) is 0 Å². The first-order valence-electron chi connectivity index (χ1n) is 5.05. The van der Waals surface area contributed by atoms with E-state index in [1.807, 2.05) is 18.2 Å². The summed E-state index contributed by atoms with van der Waals surface area (Å²) >= 11 is 10.9. The van der Waals surface area contributed by atoms with Gasteiger partial charge >= 0.3 is 0 Å². The lowest BCUT2D eigenvalue weighted by Gasteiger charge is -1.94.